The number of unbranched alkanes of at least 4 members (excludes halogenated alkanes) is 1. The van der Waals surface area contributed by atoms with E-state index >= 15 is 0 Å². The molecule has 182 valence electrons. The number of aromatic nitrogens is 1. The minimum absolute atomic E-state index is 0.207. The van der Waals surface area contributed by atoms with Gasteiger partial charge in [-0.25, -0.2) is 4.79 Å². The van der Waals surface area contributed by atoms with Crippen molar-refractivity contribution >= 4 is 22.5 Å². The SMILES string of the molecule is CCCCN(Cc1cccn1Cc1cccc(C(F)(F)F)c1)C(=O)Nc1cccc2ccccc12. The first-order valence-corrected chi connectivity index (χ1v) is 11.7. The van der Waals surface area contributed by atoms with Crippen LogP contribution in [0.2, 0.25) is 0 Å². The molecule has 7 heteroatoms. The summed E-state index contributed by atoms with van der Waals surface area (Å²) in [5, 5.41) is 5.06. The summed E-state index contributed by atoms with van der Waals surface area (Å²) in [6.45, 7) is 3.28. The summed E-state index contributed by atoms with van der Waals surface area (Å²) in [5.41, 5.74) is 1.49. The van der Waals surface area contributed by atoms with E-state index in [2.05, 4.69) is 12.2 Å². The Kier molecular flexibility index (Phi) is 7.44. The van der Waals surface area contributed by atoms with E-state index in [0.717, 1.165) is 41.1 Å². The number of anilines is 1. The number of alkyl halides is 3. The highest BCUT2D eigenvalue weighted by Crippen LogP contribution is 2.30. The molecule has 4 nitrogen and oxygen atoms in total. The predicted octanol–water partition coefficient (Wildman–Crippen LogP) is 7.54. The van der Waals surface area contributed by atoms with Crippen molar-refractivity contribution in [2.24, 2.45) is 0 Å². The quantitative estimate of drug-likeness (QED) is 0.278. The molecule has 0 saturated carbocycles. The molecule has 1 heterocycles. The Morgan fingerprint density at radius 2 is 1.74 bits per heavy atom. The second-order valence-electron chi connectivity index (χ2n) is 8.56. The summed E-state index contributed by atoms with van der Waals surface area (Å²) < 4.78 is 41.3. The van der Waals surface area contributed by atoms with E-state index in [9.17, 15) is 18.0 Å². The van der Waals surface area contributed by atoms with Gasteiger partial charge in [0.2, 0.25) is 0 Å². The molecule has 0 aliphatic rings. The number of rotatable bonds is 8. The third-order valence-electron chi connectivity index (χ3n) is 5.98. The molecule has 0 spiro atoms. The van der Waals surface area contributed by atoms with Gasteiger partial charge in [-0.3, -0.25) is 0 Å². The maximum Gasteiger partial charge on any atom is 0.416 e. The Morgan fingerprint density at radius 3 is 2.54 bits per heavy atom. The maximum atomic E-state index is 13.3. The Balaban J connectivity index is 1.53. The third kappa shape index (κ3) is 6.04. The lowest BCUT2D eigenvalue weighted by Gasteiger charge is -2.24. The van der Waals surface area contributed by atoms with Crippen LogP contribution in [0.3, 0.4) is 0 Å². The van der Waals surface area contributed by atoms with Gasteiger partial charge in [0.1, 0.15) is 0 Å². The van der Waals surface area contributed by atoms with Gasteiger partial charge in [-0.15, -0.1) is 0 Å². The van der Waals surface area contributed by atoms with Gasteiger partial charge >= 0.3 is 12.2 Å². The fourth-order valence-corrected chi connectivity index (χ4v) is 4.12. The van der Waals surface area contributed by atoms with Crippen LogP contribution in [0.1, 0.15) is 36.6 Å². The third-order valence-corrected chi connectivity index (χ3v) is 5.98. The molecule has 0 atom stereocenters. The summed E-state index contributed by atoms with van der Waals surface area (Å²) >= 11 is 0. The molecule has 0 fully saturated rings. The Bertz CT molecular complexity index is 1290. The van der Waals surface area contributed by atoms with Crippen molar-refractivity contribution in [3.63, 3.8) is 0 Å². The highest BCUT2D eigenvalue weighted by molar-refractivity contribution is 6.01. The Morgan fingerprint density at radius 1 is 0.971 bits per heavy atom. The van der Waals surface area contributed by atoms with Crippen LogP contribution in [0.5, 0.6) is 0 Å². The zero-order valence-electron chi connectivity index (χ0n) is 19.6. The van der Waals surface area contributed by atoms with Crippen LogP contribution >= 0.6 is 0 Å². The molecule has 0 bridgehead atoms. The van der Waals surface area contributed by atoms with E-state index in [1.165, 1.54) is 12.1 Å². The molecule has 0 aliphatic heterocycles. The Hall–Kier alpha value is -3.74. The smallest absolute Gasteiger partial charge is 0.345 e. The molecular weight excluding hydrogens is 451 g/mol. The van der Waals surface area contributed by atoms with E-state index in [0.29, 0.717) is 25.2 Å². The molecule has 4 aromatic rings. The van der Waals surface area contributed by atoms with Crippen LogP contribution in [0.15, 0.2) is 85.1 Å². The Labute approximate surface area is 203 Å². The zero-order valence-corrected chi connectivity index (χ0v) is 19.6. The first kappa shape index (κ1) is 24.4. The minimum atomic E-state index is -4.38. The summed E-state index contributed by atoms with van der Waals surface area (Å²) in [5.74, 6) is 0. The van der Waals surface area contributed by atoms with E-state index in [-0.39, 0.29) is 6.03 Å². The number of amides is 2. The van der Waals surface area contributed by atoms with Gasteiger partial charge in [0, 0.05) is 30.4 Å². The molecule has 0 unspecified atom stereocenters. The van der Waals surface area contributed by atoms with Crippen molar-refractivity contribution in [2.45, 2.75) is 39.0 Å². The highest BCUT2D eigenvalue weighted by Gasteiger charge is 2.30. The molecule has 35 heavy (non-hydrogen) atoms. The van der Waals surface area contributed by atoms with Crippen molar-refractivity contribution in [2.75, 3.05) is 11.9 Å². The lowest BCUT2D eigenvalue weighted by molar-refractivity contribution is -0.137. The number of benzene rings is 3. The van der Waals surface area contributed by atoms with Crippen LogP contribution in [-0.4, -0.2) is 22.0 Å². The predicted molar refractivity (Wildman–Crippen MR) is 133 cm³/mol. The van der Waals surface area contributed by atoms with Gasteiger partial charge in [-0.05, 0) is 47.7 Å². The van der Waals surface area contributed by atoms with E-state index < -0.39 is 11.7 Å². The fourth-order valence-electron chi connectivity index (χ4n) is 4.12. The largest absolute Gasteiger partial charge is 0.416 e. The number of carbonyl (C=O) groups is 1. The average molecular weight is 480 g/mol. The van der Waals surface area contributed by atoms with E-state index in [1.54, 1.807) is 11.0 Å². The molecule has 0 radical (unpaired) electrons. The molecule has 2 amide bonds. The van der Waals surface area contributed by atoms with Crippen molar-refractivity contribution < 1.29 is 18.0 Å². The number of nitrogens with one attached hydrogen (secondary N) is 1. The van der Waals surface area contributed by atoms with E-state index in [1.807, 2.05) is 65.4 Å². The number of halogens is 3. The summed E-state index contributed by atoms with van der Waals surface area (Å²) in [6, 6.07) is 22.6. The van der Waals surface area contributed by atoms with Crippen molar-refractivity contribution in [1.82, 2.24) is 9.47 Å². The number of nitrogens with zero attached hydrogens (tertiary/aromatic N) is 2. The number of hydrogen-bond acceptors (Lipinski definition) is 1. The van der Waals surface area contributed by atoms with Gasteiger partial charge in [-0.1, -0.05) is 61.9 Å². The van der Waals surface area contributed by atoms with Gasteiger partial charge in [0.25, 0.3) is 0 Å². The summed E-state index contributed by atoms with van der Waals surface area (Å²) in [6.07, 6.45) is -0.775. The van der Waals surface area contributed by atoms with Crippen molar-refractivity contribution in [3.05, 3.63) is 102 Å². The summed E-state index contributed by atoms with van der Waals surface area (Å²) in [7, 11) is 0. The highest BCUT2D eigenvalue weighted by atomic mass is 19.4. The normalized spacial score (nSPS) is 11.5. The van der Waals surface area contributed by atoms with Crippen LogP contribution < -0.4 is 5.32 Å². The fraction of sp³-hybridized carbons (Fsp3) is 0.250. The maximum absolute atomic E-state index is 13.3. The lowest BCUT2D eigenvalue weighted by atomic mass is 10.1. The molecule has 3 aromatic carbocycles. The van der Waals surface area contributed by atoms with Gasteiger partial charge in [0.15, 0.2) is 0 Å². The lowest BCUT2D eigenvalue weighted by Crippen LogP contribution is -2.36. The first-order valence-electron chi connectivity index (χ1n) is 11.7. The van der Waals surface area contributed by atoms with Crippen molar-refractivity contribution in [3.8, 4) is 0 Å². The zero-order chi connectivity index (χ0) is 24.8. The molecular formula is C28H28F3N3O. The van der Waals surface area contributed by atoms with Gasteiger partial charge < -0.3 is 14.8 Å². The average Bonchev–Trinajstić information content (AvgIpc) is 3.28. The van der Waals surface area contributed by atoms with Crippen LogP contribution in [-0.2, 0) is 19.3 Å². The van der Waals surface area contributed by atoms with Crippen LogP contribution in [0, 0.1) is 0 Å². The monoisotopic (exact) mass is 479 g/mol. The number of hydrogen-bond donors (Lipinski definition) is 1. The van der Waals surface area contributed by atoms with Crippen molar-refractivity contribution in [1.29, 1.82) is 0 Å². The summed E-state index contributed by atoms with van der Waals surface area (Å²) in [4.78, 5) is 15.0. The second-order valence-corrected chi connectivity index (χ2v) is 8.56. The minimum Gasteiger partial charge on any atom is -0.345 e. The molecule has 0 saturated heterocycles. The number of urea groups is 1. The molecule has 0 aliphatic carbocycles. The van der Waals surface area contributed by atoms with Crippen LogP contribution in [0.25, 0.3) is 10.8 Å². The second kappa shape index (κ2) is 10.7. The molecule has 4 rings (SSSR count). The van der Waals surface area contributed by atoms with E-state index in [4.69, 9.17) is 0 Å². The van der Waals surface area contributed by atoms with Gasteiger partial charge in [-0.2, -0.15) is 13.2 Å². The standard InChI is InChI=1S/C28H28F3N3O/c1-2-3-16-34(27(35)32-26-15-7-11-22-10-4-5-14-25(22)26)20-24-13-8-17-33(24)19-21-9-6-12-23(18-21)28(29,30)31/h4-15,17-18H,2-3,16,19-20H2,1H3,(H,32,35). The van der Waals surface area contributed by atoms with Crippen LogP contribution in [0.4, 0.5) is 23.7 Å². The van der Waals surface area contributed by atoms with Gasteiger partial charge in [0.05, 0.1) is 17.8 Å². The molecule has 1 aromatic heterocycles. The number of fused-ring (bicyclic) bond motifs is 1. The first-order chi connectivity index (χ1) is 16.8. The molecule has 1 N–H and O–H groups in total. The number of carbonyl (C=O) groups excluding carboxylic acids is 1. The topological polar surface area (TPSA) is 37.3 Å².